The van der Waals surface area contributed by atoms with Crippen LogP contribution in [0.15, 0.2) is 0 Å². The van der Waals surface area contributed by atoms with Gasteiger partial charge in [-0.25, -0.2) is 0 Å². The average molecular weight is 288 g/mol. The first-order chi connectivity index (χ1) is 10.3. The molecule has 0 aromatic heterocycles. The van der Waals surface area contributed by atoms with E-state index < -0.39 is 0 Å². The van der Waals surface area contributed by atoms with Crippen LogP contribution in [0.5, 0.6) is 0 Å². The van der Waals surface area contributed by atoms with Gasteiger partial charge in [-0.2, -0.15) is 0 Å². The van der Waals surface area contributed by atoms with Gasteiger partial charge in [-0.15, -0.1) is 0 Å². The average Bonchev–Trinajstić information content (AvgIpc) is 2.96. The van der Waals surface area contributed by atoms with Crippen molar-refractivity contribution in [2.75, 3.05) is 13.1 Å². The highest BCUT2D eigenvalue weighted by atomic mass is 16.2. The second-order valence-electron chi connectivity index (χ2n) is 8.31. The lowest BCUT2D eigenvalue weighted by Gasteiger charge is -2.40. The predicted octanol–water partition coefficient (Wildman–Crippen LogP) is 2.41. The summed E-state index contributed by atoms with van der Waals surface area (Å²) in [6, 6.07) is 1.09. The summed E-state index contributed by atoms with van der Waals surface area (Å²) in [4.78, 5) is 15.5. The highest BCUT2D eigenvalue weighted by molar-refractivity contribution is 5.83. The molecule has 5 rings (SSSR count). The molecule has 2 bridgehead atoms. The van der Waals surface area contributed by atoms with Gasteiger partial charge in [0.15, 0.2) is 0 Å². The van der Waals surface area contributed by atoms with Crippen LogP contribution >= 0.6 is 0 Å². The molecule has 6 atom stereocenters. The van der Waals surface area contributed by atoms with Gasteiger partial charge in [0.25, 0.3) is 0 Å². The minimum Gasteiger partial charge on any atom is -0.338 e. The van der Waals surface area contributed by atoms with Crippen molar-refractivity contribution in [1.82, 2.24) is 10.2 Å². The van der Waals surface area contributed by atoms with E-state index in [1.54, 1.807) is 0 Å². The Kier molecular flexibility index (Phi) is 2.90. The van der Waals surface area contributed by atoms with Crippen molar-refractivity contribution in [3.8, 4) is 0 Å². The number of nitrogens with zero attached hydrogens (tertiary/aromatic N) is 1. The van der Waals surface area contributed by atoms with E-state index in [4.69, 9.17) is 0 Å². The maximum absolute atomic E-state index is 13.2. The van der Waals surface area contributed by atoms with Crippen LogP contribution < -0.4 is 5.32 Å². The van der Waals surface area contributed by atoms with Gasteiger partial charge in [-0.1, -0.05) is 0 Å². The van der Waals surface area contributed by atoms with Gasteiger partial charge < -0.3 is 10.2 Å². The number of nitrogens with one attached hydrogen (secondary N) is 1. The first-order valence-electron chi connectivity index (χ1n) is 9.38. The van der Waals surface area contributed by atoms with E-state index in [0.29, 0.717) is 23.9 Å². The molecule has 5 aliphatic rings. The zero-order chi connectivity index (χ0) is 14.0. The normalized spacial score (nSPS) is 51.2. The number of hydrogen-bond acceptors (Lipinski definition) is 2. The van der Waals surface area contributed by atoms with Crippen LogP contribution in [-0.2, 0) is 4.79 Å². The smallest absolute Gasteiger partial charge is 0.226 e. The molecule has 2 saturated heterocycles. The molecule has 0 aromatic rings. The van der Waals surface area contributed by atoms with Gasteiger partial charge in [0.2, 0.25) is 5.91 Å². The summed E-state index contributed by atoms with van der Waals surface area (Å²) in [5, 5.41) is 3.66. The van der Waals surface area contributed by atoms with Gasteiger partial charge in [0.05, 0.1) is 0 Å². The summed E-state index contributed by atoms with van der Waals surface area (Å²) in [7, 11) is 0. The Morgan fingerprint density at radius 1 is 0.952 bits per heavy atom. The summed E-state index contributed by atoms with van der Waals surface area (Å²) in [5.41, 5.74) is 0. The minimum absolute atomic E-state index is 0.443. The predicted molar refractivity (Wildman–Crippen MR) is 81.7 cm³/mol. The largest absolute Gasteiger partial charge is 0.338 e. The Morgan fingerprint density at radius 3 is 2.48 bits per heavy atom. The van der Waals surface area contributed by atoms with E-state index in [-0.39, 0.29) is 0 Å². The van der Waals surface area contributed by atoms with Crippen molar-refractivity contribution in [1.29, 1.82) is 0 Å². The quantitative estimate of drug-likeness (QED) is 0.846. The van der Waals surface area contributed by atoms with Crippen LogP contribution in [0, 0.1) is 29.6 Å². The SMILES string of the molecule is O=C(C1C2C3CCC(C3)C12)N1CCCCC1C1CCCN1. The molecular formula is C18H28N2O. The Bertz CT molecular complexity index is 428. The standard InChI is InChI=1S/C18H28N2O/c21-18(17-15-11-6-7-12(10-11)16(15)17)20-9-2-1-5-14(20)13-4-3-8-19-13/h11-17,19H,1-10H2. The molecule has 5 fully saturated rings. The van der Waals surface area contributed by atoms with Gasteiger partial charge in [-0.3, -0.25) is 4.79 Å². The molecule has 0 aromatic carbocycles. The fourth-order valence-corrected chi connectivity index (χ4v) is 6.54. The lowest BCUT2D eigenvalue weighted by atomic mass is 9.93. The van der Waals surface area contributed by atoms with Crippen LogP contribution in [0.2, 0.25) is 0 Å². The zero-order valence-electron chi connectivity index (χ0n) is 13.0. The molecule has 3 nitrogen and oxygen atoms in total. The van der Waals surface area contributed by atoms with Crippen LogP contribution in [0.25, 0.3) is 0 Å². The number of carbonyl (C=O) groups is 1. The third-order valence-corrected chi connectivity index (χ3v) is 7.42. The van der Waals surface area contributed by atoms with Gasteiger partial charge in [-0.05, 0) is 81.6 Å². The lowest BCUT2D eigenvalue weighted by Crippen LogP contribution is -2.53. The second kappa shape index (κ2) is 4.71. The molecule has 3 heteroatoms. The van der Waals surface area contributed by atoms with Crippen molar-refractivity contribution in [3.63, 3.8) is 0 Å². The molecule has 21 heavy (non-hydrogen) atoms. The number of carbonyl (C=O) groups excluding carboxylic acids is 1. The Labute approximate surface area is 127 Å². The number of likely N-dealkylation sites (tertiary alicyclic amines) is 1. The molecule has 0 spiro atoms. The molecule has 3 aliphatic carbocycles. The van der Waals surface area contributed by atoms with E-state index in [2.05, 4.69) is 10.2 Å². The molecule has 1 amide bonds. The van der Waals surface area contributed by atoms with Gasteiger partial charge >= 0.3 is 0 Å². The highest BCUT2D eigenvalue weighted by Gasteiger charge is 2.68. The number of amides is 1. The highest BCUT2D eigenvalue weighted by Crippen LogP contribution is 2.69. The van der Waals surface area contributed by atoms with E-state index >= 15 is 0 Å². The Morgan fingerprint density at radius 2 is 1.76 bits per heavy atom. The zero-order valence-corrected chi connectivity index (χ0v) is 13.0. The van der Waals surface area contributed by atoms with Crippen molar-refractivity contribution < 1.29 is 4.79 Å². The molecule has 6 unspecified atom stereocenters. The lowest BCUT2D eigenvalue weighted by molar-refractivity contribution is -0.138. The summed E-state index contributed by atoms with van der Waals surface area (Å²) in [6.45, 7) is 2.19. The molecular weight excluding hydrogens is 260 g/mol. The maximum atomic E-state index is 13.2. The monoisotopic (exact) mass is 288 g/mol. The minimum atomic E-state index is 0.443. The molecule has 116 valence electrons. The van der Waals surface area contributed by atoms with E-state index in [0.717, 1.165) is 36.8 Å². The van der Waals surface area contributed by atoms with Crippen LogP contribution in [0.4, 0.5) is 0 Å². The van der Waals surface area contributed by atoms with Crippen LogP contribution in [0.1, 0.15) is 51.4 Å². The number of rotatable bonds is 2. The molecule has 2 heterocycles. The fourth-order valence-electron chi connectivity index (χ4n) is 6.54. The Hall–Kier alpha value is -0.570. The van der Waals surface area contributed by atoms with E-state index in [1.165, 1.54) is 51.4 Å². The van der Waals surface area contributed by atoms with Crippen molar-refractivity contribution in [2.45, 2.75) is 63.5 Å². The number of hydrogen-bond donors (Lipinski definition) is 1. The molecule has 3 saturated carbocycles. The Balaban J connectivity index is 1.32. The van der Waals surface area contributed by atoms with Crippen LogP contribution in [0.3, 0.4) is 0 Å². The third-order valence-electron chi connectivity index (χ3n) is 7.42. The number of fused-ring (bicyclic) bond motifs is 5. The van der Waals surface area contributed by atoms with Crippen molar-refractivity contribution >= 4 is 5.91 Å². The van der Waals surface area contributed by atoms with E-state index in [9.17, 15) is 4.79 Å². The first-order valence-corrected chi connectivity index (χ1v) is 9.38. The number of piperidine rings is 1. The second-order valence-corrected chi connectivity index (χ2v) is 8.31. The summed E-state index contributed by atoms with van der Waals surface area (Å²) >= 11 is 0. The molecule has 2 aliphatic heterocycles. The molecule has 0 radical (unpaired) electrons. The first kappa shape index (κ1) is 12.9. The molecule has 1 N–H and O–H groups in total. The maximum Gasteiger partial charge on any atom is 0.226 e. The van der Waals surface area contributed by atoms with Gasteiger partial charge in [0.1, 0.15) is 0 Å². The summed E-state index contributed by atoms with van der Waals surface area (Å²) in [6.07, 6.45) is 10.6. The summed E-state index contributed by atoms with van der Waals surface area (Å²) < 4.78 is 0. The van der Waals surface area contributed by atoms with E-state index in [1.807, 2.05) is 0 Å². The van der Waals surface area contributed by atoms with Crippen molar-refractivity contribution in [2.24, 2.45) is 29.6 Å². The van der Waals surface area contributed by atoms with Crippen LogP contribution in [-0.4, -0.2) is 36.0 Å². The van der Waals surface area contributed by atoms with Gasteiger partial charge in [0, 0.05) is 24.5 Å². The van der Waals surface area contributed by atoms with Crippen molar-refractivity contribution in [3.05, 3.63) is 0 Å². The third kappa shape index (κ3) is 1.85. The fraction of sp³-hybridized carbons (Fsp3) is 0.944. The summed E-state index contributed by atoms with van der Waals surface area (Å²) in [5.74, 6) is 4.44. The topological polar surface area (TPSA) is 32.3 Å².